The van der Waals surface area contributed by atoms with Crippen LogP contribution in [-0.2, 0) is 0 Å². The van der Waals surface area contributed by atoms with Crippen molar-refractivity contribution in [1.29, 1.82) is 0 Å². The lowest BCUT2D eigenvalue weighted by molar-refractivity contribution is 0.0735. The molecule has 0 atom stereocenters. The molecule has 0 bridgehead atoms. The topological polar surface area (TPSA) is 72.3 Å². The lowest BCUT2D eigenvalue weighted by Crippen LogP contribution is -2.08. The molecule has 1 aromatic heterocycles. The zero-order valence-electron chi connectivity index (χ0n) is 12.3. The van der Waals surface area contributed by atoms with Crippen LogP contribution in [0.4, 0.5) is 0 Å². The number of ether oxygens (including phenoxy) is 1. The molecule has 2 aromatic carbocycles. The van der Waals surface area contributed by atoms with Gasteiger partial charge in [0.15, 0.2) is 5.58 Å². The quantitative estimate of drug-likeness (QED) is 0.593. The monoisotopic (exact) mass is 297 g/mol. The van der Waals surface area contributed by atoms with Crippen molar-refractivity contribution in [1.82, 2.24) is 4.98 Å². The Morgan fingerprint density at radius 2 is 1.86 bits per heavy atom. The first-order valence-electron chi connectivity index (χ1n) is 6.98. The first-order chi connectivity index (χ1) is 10.5. The molecule has 0 aliphatic rings. The molecule has 1 N–H and O–H groups in total. The molecule has 0 unspecified atom stereocenters. The highest BCUT2D eigenvalue weighted by atomic mass is 16.5. The number of carbonyl (C=O) groups excluding carboxylic acids is 1. The molecule has 3 rings (SSSR count). The SMILES string of the molecule is CC(C)c1ccc(C(=O)Oc2ccc3[nH]c(=O)oc3c2)cc1. The molecule has 0 saturated heterocycles. The lowest BCUT2D eigenvalue weighted by Gasteiger charge is -2.07. The summed E-state index contributed by atoms with van der Waals surface area (Å²) < 4.78 is 10.2. The summed E-state index contributed by atoms with van der Waals surface area (Å²) in [5.41, 5.74) is 2.55. The average molecular weight is 297 g/mol. The summed E-state index contributed by atoms with van der Waals surface area (Å²) in [6.07, 6.45) is 0. The summed E-state index contributed by atoms with van der Waals surface area (Å²) >= 11 is 0. The second-order valence-electron chi connectivity index (χ2n) is 5.34. The van der Waals surface area contributed by atoms with Crippen LogP contribution in [-0.4, -0.2) is 11.0 Å². The standard InChI is InChI=1S/C17H15NO4/c1-10(2)11-3-5-12(6-4-11)16(19)21-13-7-8-14-15(9-13)22-17(20)18-14/h3-10H,1-2H3,(H,18,20). The maximum atomic E-state index is 12.1. The van der Waals surface area contributed by atoms with Gasteiger partial charge in [-0.2, -0.15) is 0 Å². The van der Waals surface area contributed by atoms with E-state index in [4.69, 9.17) is 9.15 Å². The molecular weight excluding hydrogens is 282 g/mol. The molecule has 0 radical (unpaired) electrons. The van der Waals surface area contributed by atoms with Crippen molar-refractivity contribution in [3.05, 3.63) is 64.1 Å². The van der Waals surface area contributed by atoms with Crippen LogP contribution in [0.5, 0.6) is 5.75 Å². The second-order valence-corrected chi connectivity index (χ2v) is 5.34. The highest BCUT2D eigenvalue weighted by Gasteiger charge is 2.11. The van der Waals surface area contributed by atoms with E-state index in [1.807, 2.05) is 12.1 Å². The van der Waals surface area contributed by atoms with Crippen molar-refractivity contribution in [2.24, 2.45) is 0 Å². The van der Waals surface area contributed by atoms with Crippen LogP contribution < -0.4 is 10.5 Å². The Hall–Kier alpha value is -2.82. The van der Waals surface area contributed by atoms with Gasteiger partial charge in [0, 0.05) is 6.07 Å². The highest BCUT2D eigenvalue weighted by molar-refractivity contribution is 5.91. The van der Waals surface area contributed by atoms with Gasteiger partial charge in [0.1, 0.15) is 5.75 Å². The number of benzene rings is 2. The van der Waals surface area contributed by atoms with Gasteiger partial charge in [0.2, 0.25) is 0 Å². The van der Waals surface area contributed by atoms with E-state index in [2.05, 4.69) is 18.8 Å². The lowest BCUT2D eigenvalue weighted by atomic mass is 10.0. The number of carbonyl (C=O) groups is 1. The third kappa shape index (κ3) is 2.79. The van der Waals surface area contributed by atoms with Crippen LogP contribution in [0.15, 0.2) is 51.7 Å². The molecular formula is C17H15NO4. The summed E-state index contributed by atoms with van der Waals surface area (Å²) in [6.45, 7) is 4.18. The van der Waals surface area contributed by atoms with Gasteiger partial charge in [-0.25, -0.2) is 9.59 Å². The predicted octanol–water partition coefficient (Wildman–Crippen LogP) is 3.46. The normalized spacial score (nSPS) is 11.0. The summed E-state index contributed by atoms with van der Waals surface area (Å²) in [5, 5.41) is 0. The highest BCUT2D eigenvalue weighted by Crippen LogP contribution is 2.20. The van der Waals surface area contributed by atoms with Crippen LogP contribution >= 0.6 is 0 Å². The molecule has 5 heteroatoms. The number of aromatic nitrogens is 1. The first-order valence-corrected chi connectivity index (χ1v) is 6.98. The van der Waals surface area contributed by atoms with E-state index >= 15 is 0 Å². The van der Waals surface area contributed by atoms with Gasteiger partial charge in [-0.1, -0.05) is 26.0 Å². The maximum absolute atomic E-state index is 12.1. The van der Waals surface area contributed by atoms with Gasteiger partial charge < -0.3 is 9.15 Å². The number of oxazole rings is 1. The Balaban J connectivity index is 1.81. The number of esters is 1. The van der Waals surface area contributed by atoms with Gasteiger partial charge in [-0.3, -0.25) is 4.98 Å². The number of nitrogens with one attached hydrogen (secondary N) is 1. The Morgan fingerprint density at radius 3 is 2.55 bits per heavy atom. The molecule has 5 nitrogen and oxygen atoms in total. The van der Waals surface area contributed by atoms with E-state index in [-0.39, 0.29) is 0 Å². The first kappa shape index (κ1) is 14.1. The predicted molar refractivity (Wildman–Crippen MR) is 82.3 cm³/mol. The number of fused-ring (bicyclic) bond motifs is 1. The second kappa shape index (κ2) is 5.52. The Labute approximate surface area is 126 Å². The van der Waals surface area contributed by atoms with Gasteiger partial charge in [0.25, 0.3) is 0 Å². The van der Waals surface area contributed by atoms with E-state index in [1.165, 1.54) is 6.07 Å². The molecule has 0 amide bonds. The van der Waals surface area contributed by atoms with Crippen LogP contribution in [0.25, 0.3) is 11.1 Å². The number of hydrogen-bond donors (Lipinski definition) is 1. The molecule has 0 fully saturated rings. The third-order valence-electron chi connectivity index (χ3n) is 3.42. The van der Waals surface area contributed by atoms with Crippen LogP contribution in [0, 0.1) is 0 Å². The van der Waals surface area contributed by atoms with E-state index in [0.717, 1.165) is 5.56 Å². The van der Waals surface area contributed by atoms with Gasteiger partial charge in [-0.15, -0.1) is 0 Å². The van der Waals surface area contributed by atoms with Crippen molar-refractivity contribution in [3.63, 3.8) is 0 Å². The fourth-order valence-corrected chi connectivity index (χ4v) is 2.16. The van der Waals surface area contributed by atoms with Gasteiger partial charge in [0.05, 0.1) is 11.1 Å². The number of H-pyrrole nitrogens is 1. The largest absolute Gasteiger partial charge is 0.423 e. The fourth-order valence-electron chi connectivity index (χ4n) is 2.16. The van der Waals surface area contributed by atoms with Crippen molar-refractivity contribution >= 4 is 17.1 Å². The minimum Gasteiger partial charge on any atom is -0.423 e. The third-order valence-corrected chi connectivity index (χ3v) is 3.42. The molecule has 1 heterocycles. The molecule has 0 saturated carbocycles. The van der Waals surface area contributed by atoms with Crippen molar-refractivity contribution < 1.29 is 13.9 Å². The van der Waals surface area contributed by atoms with Crippen molar-refractivity contribution in [2.45, 2.75) is 19.8 Å². The summed E-state index contributed by atoms with van der Waals surface area (Å²) in [7, 11) is 0. The average Bonchev–Trinajstić information content (AvgIpc) is 2.86. The molecule has 0 aliphatic heterocycles. The van der Waals surface area contributed by atoms with Crippen LogP contribution in [0.1, 0.15) is 35.7 Å². The van der Waals surface area contributed by atoms with Crippen LogP contribution in [0.2, 0.25) is 0 Å². The van der Waals surface area contributed by atoms with E-state index < -0.39 is 11.7 Å². The zero-order valence-corrected chi connectivity index (χ0v) is 12.3. The molecule has 22 heavy (non-hydrogen) atoms. The molecule has 0 spiro atoms. The number of hydrogen-bond acceptors (Lipinski definition) is 4. The minimum absolute atomic E-state index is 0.327. The number of rotatable bonds is 3. The summed E-state index contributed by atoms with van der Waals surface area (Å²) in [4.78, 5) is 25.7. The van der Waals surface area contributed by atoms with E-state index in [9.17, 15) is 9.59 Å². The maximum Gasteiger partial charge on any atom is 0.417 e. The van der Waals surface area contributed by atoms with Gasteiger partial charge >= 0.3 is 11.7 Å². The van der Waals surface area contributed by atoms with Crippen molar-refractivity contribution in [2.75, 3.05) is 0 Å². The molecule has 112 valence electrons. The van der Waals surface area contributed by atoms with E-state index in [0.29, 0.717) is 28.3 Å². The summed E-state index contributed by atoms with van der Waals surface area (Å²) in [6, 6.07) is 12.1. The zero-order chi connectivity index (χ0) is 15.7. The Morgan fingerprint density at radius 1 is 1.14 bits per heavy atom. The molecule has 0 aliphatic carbocycles. The van der Waals surface area contributed by atoms with E-state index in [1.54, 1.807) is 24.3 Å². The Kier molecular flexibility index (Phi) is 3.55. The molecule has 3 aromatic rings. The minimum atomic E-state index is -0.539. The number of aromatic amines is 1. The smallest absolute Gasteiger partial charge is 0.417 e. The van der Waals surface area contributed by atoms with Gasteiger partial charge in [-0.05, 0) is 35.7 Å². The summed E-state index contributed by atoms with van der Waals surface area (Å²) in [5.74, 6) is -0.257. The Bertz CT molecular complexity index is 872. The fraction of sp³-hybridized carbons (Fsp3) is 0.176. The van der Waals surface area contributed by atoms with Crippen molar-refractivity contribution in [3.8, 4) is 5.75 Å². The van der Waals surface area contributed by atoms with Crippen LogP contribution in [0.3, 0.4) is 0 Å².